The number of unbranched alkanes of at least 4 members (excludes halogenated alkanes) is 14. The van der Waals surface area contributed by atoms with Crippen LogP contribution in [0.4, 0.5) is 0 Å². The number of hydrogen-bond donors (Lipinski definition) is 3. The van der Waals surface area contributed by atoms with E-state index in [4.69, 9.17) is 14.9 Å². The zero-order chi connectivity index (χ0) is 18.1. The second-order valence-corrected chi connectivity index (χ2v) is 8.61. The summed E-state index contributed by atoms with van der Waals surface area (Å²) >= 11 is 0. The molecule has 0 aromatic carbocycles. The van der Waals surface area contributed by atoms with Crippen LogP contribution in [0.2, 0.25) is 0 Å². The molecular formula is C18H37O5P. The first-order valence-electron chi connectivity index (χ1n) is 9.68. The maximum absolute atomic E-state index is 10.7. The quantitative estimate of drug-likeness (QED) is 0.221. The Balaban J connectivity index is 3.05. The second kappa shape index (κ2) is 16.1. The molecular weight excluding hydrogens is 327 g/mol. The molecule has 0 saturated carbocycles. The lowest BCUT2D eigenvalue weighted by Gasteiger charge is -2.04. The molecule has 144 valence electrons. The van der Waals surface area contributed by atoms with Gasteiger partial charge < -0.3 is 14.9 Å². The summed E-state index contributed by atoms with van der Waals surface area (Å²) in [6.07, 6.45) is 17.4. The highest BCUT2D eigenvalue weighted by atomic mass is 31.2. The van der Waals surface area contributed by atoms with Crippen molar-refractivity contribution < 1.29 is 24.3 Å². The Morgan fingerprint density at radius 2 is 0.875 bits per heavy atom. The average molecular weight is 364 g/mol. The van der Waals surface area contributed by atoms with Crippen molar-refractivity contribution in [2.75, 3.05) is 6.16 Å². The Morgan fingerprint density at radius 3 is 1.17 bits per heavy atom. The normalized spacial score (nSPS) is 11.8. The highest BCUT2D eigenvalue weighted by Gasteiger charge is 2.10. The van der Waals surface area contributed by atoms with Crippen LogP contribution in [0.3, 0.4) is 0 Å². The topological polar surface area (TPSA) is 94.8 Å². The zero-order valence-electron chi connectivity index (χ0n) is 15.1. The van der Waals surface area contributed by atoms with Gasteiger partial charge in [0.2, 0.25) is 0 Å². The Morgan fingerprint density at radius 1 is 0.583 bits per heavy atom. The fourth-order valence-electron chi connectivity index (χ4n) is 2.89. The standard InChI is InChI=1S/C18H37O5P/c19-18(20)16-14-12-10-8-6-4-2-1-3-5-7-9-11-13-15-17-24(21,22)23/h1-17H2,(H,19,20)(H2,21,22,23). The lowest BCUT2D eigenvalue weighted by Crippen LogP contribution is -1.93. The van der Waals surface area contributed by atoms with Crippen LogP contribution in [0.15, 0.2) is 0 Å². The van der Waals surface area contributed by atoms with Gasteiger partial charge >= 0.3 is 13.6 Å². The van der Waals surface area contributed by atoms with Crippen molar-refractivity contribution in [3.63, 3.8) is 0 Å². The van der Waals surface area contributed by atoms with Gasteiger partial charge in [-0.15, -0.1) is 0 Å². The molecule has 0 amide bonds. The maximum Gasteiger partial charge on any atom is 0.325 e. The van der Waals surface area contributed by atoms with Crippen LogP contribution in [0, 0.1) is 0 Å². The van der Waals surface area contributed by atoms with E-state index in [9.17, 15) is 9.36 Å². The molecule has 0 heterocycles. The van der Waals surface area contributed by atoms with Gasteiger partial charge in [0.1, 0.15) is 0 Å². The van der Waals surface area contributed by atoms with Gasteiger partial charge in [-0.2, -0.15) is 0 Å². The predicted molar refractivity (Wildman–Crippen MR) is 98.4 cm³/mol. The molecule has 0 aliphatic heterocycles. The van der Waals surface area contributed by atoms with E-state index in [0.29, 0.717) is 12.8 Å². The lowest BCUT2D eigenvalue weighted by molar-refractivity contribution is -0.137. The van der Waals surface area contributed by atoms with E-state index < -0.39 is 13.6 Å². The molecule has 24 heavy (non-hydrogen) atoms. The van der Waals surface area contributed by atoms with Crippen LogP contribution in [0.25, 0.3) is 0 Å². The van der Waals surface area contributed by atoms with Crippen molar-refractivity contribution in [2.24, 2.45) is 0 Å². The summed E-state index contributed by atoms with van der Waals surface area (Å²) in [7, 11) is -3.78. The van der Waals surface area contributed by atoms with Crippen LogP contribution in [0.5, 0.6) is 0 Å². The minimum absolute atomic E-state index is 0.0343. The minimum atomic E-state index is -3.78. The number of carboxylic acids is 1. The number of aliphatic carboxylic acids is 1. The third kappa shape index (κ3) is 21.6. The predicted octanol–water partition coefficient (Wildman–Crippen LogP) is 5.49. The lowest BCUT2D eigenvalue weighted by atomic mass is 10.0. The van der Waals surface area contributed by atoms with Gasteiger partial charge in [0.25, 0.3) is 0 Å². The van der Waals surface area contributed by atoms with Crippen molar-refractivity contribution in [1.82, 2.24) is 0 Å². The van der Waals surface area contributed by atoms with Crippen LogP contribution in [-0.4, -0.2) is 27.0 Å². The number of rotatable bonds is 18. The fourth-order valence-corrected chi connectivity index (χ4v) is 3.53. The molecule has 0 aromatic rings. The van der Waals surface area contributed by atoms with E-state index >= 15 is 0 Å². The van der Waals surface area contributed by atoms with E-state index in [1.54, 1.807) is 0 Å². The summed E-state index contributed by atoms with van der Waals surface area (Å²) < 4.78 is 10.7. The first-order chi connectivity index (χ1) is 11.4. The van der Waals surface area contributed by atoms with Crippen LogP contribution in [-0.2, 0) is 9.36 Å². The molecule has 0 saturated heterocycles. The van der Waals surface area contributed by atoms with E-state index in [1.807, 2.05) is 0 Å². The van der Waals surface area contributed by atoms with Gasteiger partial charge in [-0.3, -0.25) is 9.36 Å². The zero-order valence-corrected chi connectivity index (χ0v) is 16.0. The fraction of sp³-hybridized carbons (Fsp3) is 0.944. The van der Waals surface area contributed by atoms with Crippen molar-refractivity contribution in [1.29, 1.82) is 0 Å². The van der Waals surface area contributed by atoms with Gasteiger partial charge in [0.15, 0.2) is 0 Å². The molecule has 0 bridgehead atoms. The Bertz CT molecular complexity index is 340. The Hall–Kier alpha value is -0.380. The highest BCUT2D eigenvalue weighted by molar-refractivity contribution is 7.51. The summed E-state index contributed by atoms with van der Waals surface area (Å²) in [6.45, 7) is 0. The van der Waals surface area contributed by atoms with Crippen molar-refractivity contribution in [2.45, 2.75) is 103 Å². The summed E-state index contributed by atoms with van der Waals surface area (Å²) in [6, 6.07) is 0. The van der Waals surface area contributed by atoms with E-state index in [2.05, 4.69) is 0 Å². The summed E-state index contributed by atoms with van der Waals surface area (Å²) in [5.41, 5.74) is 0. The van der Waals surface area contributed by atoms with Crippen molar-refractivity contribution in [3.05, 3.63) is 0 Å². The third-order valence-corrected chi connectivity index (χ3v) is 5.24. The molecule has 0 rings (SSSR count). The first kappa shape index (κ1) is 23.6. The summed E-state index contributed by atoms with van der Waals surface area (Å²) in [4.78, 5) is 27.8. The van der Waals surface area contributed by atoms with Gasteiger partial charge in [-0.1, -0.05) is 83.5 Å². The van der Waals surface area contributed by atoms with Gasteiger partial charge in [0, 0.05) is 12.6 Å². The van der Waals surface area contributed by atoms with Gasteiger partial charge in [-0.25, -0.2) is 0 Å². The van der Waals surface area contributed by atoms with Crippen LogP contribution < -0.4 is 0 Å². The highest BCUT2D eigenvalue weighted by Crippen LogP contribution is 2.35. The average Bonchev–Trinajstić information content (AvgIpc) is 2.49. The van der Waals surface area contributed by atoms with Gasteiger partial charge in [-0.05, 0) is 12.8 Å². The van der Waals surface area contributed by atoms with Gasteiger partial charge in [0.05, 0.1) is 0 Å². The largest absolute Gasteiger partial charge is 0.481 e. The monoisotopic (exact) mass is 364 g/mol. The number of hydrogen-bond acceptors (Lipinski definition) is 2. The SMILES string of the molecule is O=C(O)CCCCCCCCCCCCCCCCCP(=O)(O)O. The second-order valence-electron chi connectivity index (χ2n) is 6.84. The summed E-state index contributed by atoms with van der Waals surface area (Å²) in [5.74, 6) is -0.684. The van der Waals surface area contributed by atoms with Crippen molar-refractivity contribution in [3.8, 4) is 0 Å². The molecule has 0 aliphatic carbocycles. The molecule has 0 atom stereocenters. The van der Waals surface area contributed by atoms with E-state index in [0.717, 1.165) is 32.1 Å². The molecule has 6 heteroatoms. The van der Waals surface area contributed by atoms with Crippen molar-refractivity contribution >= 4 is 13.6 Å². The molecule has 0 radical (unpaired) electrons. The molecule has 0 fully saturated rings. The van der Waals surface area contributed by atoms with E-state index in [1.165, 1.54) is 57.8 Å². The number of carbonyl (C=O) groups is 1. The van der Waals surface area contributed by atoms with Crippen LogP contribution in [0.1, 0.15) is 103 Å². The Kier molecular flexibility index (Phi) is 15.9. The molecule has 0 unspecified atom stereocenters. The number of carboxylic acid groups (broad SMARTS) is 1. The minimum Gasteiger partial charge on any atom is -0.481 e. The smallest absolute Gasteiger partial charge is 0.325 e. The Labute approximate surface area is 147 Å². The van der Waals surface area contributed by atoms with Crippen LogP contribution >= 0.6 is 7.60 Å². The molecule has 3 N–H and O–H groups in total. The molecule has 5 nitrogen and oxygen atoms in total. The molecule has 0 spiro atoms. The first-order valence-corrected chi connectivity index (χ1v) is 11.5. The maximum atomic E-state index is 10.7. The molecule has 0 aromatic heterocycles. The third-order valence-electron chi connectivity index (χ3n) is 4.34. The molecule has 0 aliphatic rings. The van der Waals surface area contributed by atoms with E-state index in [-0.39, 0.29) is 6.16 Å². The summed E-state index contributed by atoms with van der Waals surface area (Å²) in [5, 5.41) is 8.53.